The minimum absolute atomic E-state index is 0.140. The first kappa shape index (κ1) is 59.3. The van der Waals surface area contributed by atoms with Crippen LogP contribution in [0.2, 0.25) is 0 Å². The molecule has 2 rings (SSSR count). The summed E-state index contributed by atoms with van der Waals surface area (Å²) in [7, 11) is 0. The summed E-state index contributed by atoms with van der Waals surface area (Å²) < 4.78 is 33.5. The summed E-state index contributed by atoms with van der Waals surface area (Å²) in [6.07, 6.45) is 25.3. The van der Waals surface area contributed by atoms with Gasteiger partial charge in [0, 0.05) is 12.8 Å². The van der Waals surface area contributed by atoms with Crippen molar-refractivity contribution >= 4 is 11.9 Å². The Kier molecular flexibility index (Phi) is 34.2. The predicted molar refractivity (Wildman–Crippen MR) is 252 cm³/mol. The van der Waals surface area contributed by atoms with Crippen LogP contribution < -0.4 is 0 Å². The van der Waals surface area contributed by atoms with Crippen molar-refractivity contribution in [3.63, 3.8) is 0 Å². The van der Waals surface area contributed by atoms with Crippen LogP contribution in [0.5, 0.6) is 0 Å². The van der Waals surface area contributed by atoms with Crippen molar-refractivity contribution in [2.45, 2.75) is 223 Å². The van der Waals surface area contributed by atoms with Crippen molar-refractivity contribution < 1.29 is 73.8 Å². The summed E-state index contributed by atoms with van der Waals surface area (Å²) in [6, 6.07) is 0. The van der Waals surface area contributed by atoms with Crippen LogP contribution in [0.25, 0.3) is 0 Å². The molecular weight excluding hydrogens is 853 g/mol. The number of rotatable bonds is 37. The number of carbonyl (C=O) groups is 2. The predicted octanol–water partition coefficient (Wildman–Crippen LogP) is 6.49. The van der Waals surface area contributed by atoms with Gasteiger partial charge < -0.3 is 64.2 Å². The van der Waals surface area contributed by atoms with Gasteiger partial charge in [0.2, 0.25) is 0 Å². The fraction of sp³-hybridized carbons (Fsp3) is 0.765. The zero-order valence-electron chi connectivity index (χ0n) is 39.9. The number of carbonyl (C=O) groups excluding carboxylic acids is 2. The van der Waals surface area contributed by atoms with Gasteiger partial charge in [-0.1, -0.05) is 126 Å². The van der Waals surface area contributed by atoms with Crippen LogP contribution in [0.4, 0.5) is 0 Å². The third-order valence-corrected chi connectivity index (χ3v) is 11.5. The Labute approximate surface area is 394 Å². The number of aliphatic hydroxyl groups is 7. The van der Waals surface area contributed by atoms with E-state index in [4.69, 9.17) is 28.4 Å². The van der Waals surface area contributed by atoms with Gasteiger partial charge in [0.05, 0.1) is 19.8 Å². The Hall–Kier alpha value is -2.80. The minimum atomic E-state index is -1.77. The molecule has 15 nitrogen and oxygen atoms in total. The van der Waals surface area contributed by atoms with Crippen molar-refractivity contribution in [3.05, 3.63) is 60.8 Å². The van der Waals surface area contributed by atoms with Crippen LogP contribution in [-0.4, -0.2) is 142 Å². The summed E-state index contributed by atoms with van der Waals surface area (Å²) in [5, 5.41) is 72.0. The van der Waals surface area contributed by atoms with Gasteiger partial charge in [-0.3, -0.25) is 9.59 Å². The molecule has 15 heteroatoms. The number of hydrogen-bond acceptors (Lipinski definition) is 15. The quantitative estimate of drug-likeness (QED) is 0.0201. The maximum absolute atomic E-state index is 13.0. The zero-order valence-corrected chi connectivity index (χ0v) is 39.9. The molecule has 0 aromatic carbocycles. The van der Waals surface area contributed by atoms with E-state index in [1.807, 2.05) is 0 Å². The SMILES string of the molecule is CC/C=C\C/C=C\C/C=C\CCCCCCCC(=O)O[C@H](COC(=O)CCCCCCC/C=C\C/C=C\CCCCC)CO[C@@H]1O[C@H](CO[C@@H]2O[C@H](CO)[C@H](O)[C@H](O)[C@H]2O)[C@H](O)[C@H](O)[C@H]1O. The Balaban J connectivity index is 1.84. The maximum atomic E-state index is 13.0. The molecule has 0 unspecified atom stereocenters. The number of esters is 2. The molecule has 2 fully saturated rings. The number of hydrogen-bond donors (Lipinski definition) is 7. The summed E-state index contributed by atoms with van der Waals surface area (Å²) in [5.41, 5.74) is 0. The lowest BCUT2D eigenvalue weighted by Gasteiger charge is -2.42. The maximum Gasteiger partial charge on any atom is 0.306 e. The summed E-state index contributed by atoms with van der Waals surface area (Å²) in [6.45, 7) is 2.40. The number of unbranched alkanes of at least 4 members (excludes halogenated alkanes) is 13. The summed E-state index contributed by atoms with van der Waals surface area (Å²) in [5.74, 6) is -0.966. The number of aliphatic hydroxyl groups excluding tert-OH is 7. The zero-order chi connectivity index (χ0) is 48.2. The molecule has 2 saturated heterocycles. The van der Waals surface area contributed by atoms with E-state index >= 15 is 0 Å². The van der Waals surface area contributed by atoms with Crippen molar-refractivity contribution in [2.75, 3.05) is 26.4 Å². The molecule has 0 radical (unpaired) electrons. The summed E-state index contributed by atoms with van der Waals surface area (Å²) >= 11 is 0. The first-order chi connectivity index (χ1) is 32.0. The van der Waals surface area contributed by atoms with Gasteiger partial charge in [0.1, 0.15) is 55.4 Å². The van der Waals surface area contributed by atoms with E-state index in [2.05, 4.69) is 74.6 Å². The molecule has 2 aliphatic rings. The molecule has 7 N–H and O–H groups in total. The molecule has 66 heavy (non-hydrogen) atoms. The first-order valence-corrected chi connectivity index (χ1v) is 24.9. The van der Waals surface area contributed by atoms with Gasteiger partial charge >= 0.3 is 11.9 Å². The normalized spacial score (nSPS) is 26.7. The highest BCUT2D eigenvalue weighted by Crippen LogP contribution is 2.26. The van der Waals surface area contributed by atoms with Crippen LogP contribution in [0.15, 0.2) is 60.8 Å². The third kappa shape index (κ3) is 26.1. The average molecular weight is 939 g/mol. The van der Waals surface area contributed by atoms with Crippen molar-refractivity contribution in [1.82, 2.24) is 0 Å². The lowest BCUT2D eigenvalue weighted by Crippen LogP contribution is -2.61. The van der Waals surface area contributed by atoms with Crippen molar-refractivity contribution in [2.24, 2.45) is 0 Å². The van der Waals surface area contributed by atoms with Crippen LogP contribution in [0, 0.1) is 0 Å². The molecule has 0 bridgehead atoms. The van der Waals surface area contributed by atoms with E-state index in [0.29, 0.717) is 12.8 Å². The second-order valence-corrected chi connectivity index (χ2v) is 17.3. The Bertz CT molecular complexity index is 1380. The molecule has 11 atom stereocenters. The smallest absolute Gasteiger partial charge is 0.306 e. The van der Waals surface area contributed by atoms with Crippen LogP contribution >= 0.6 is 0 Å². The van der Waals surface area contributed by atoms with Crippen LogP contribution in [0.3, 0.4) is 0 Å². The monoisotopic (exact) mass is 939 g/mol. The molecule has 0 aliphatic carbocycles. The van der Waals surface area contributed by atoms with Crippen molar-refractivity contribution in [1.29, 1.82) is 0 Å². The van der Waals surface area contributed by atoms with E-state index in [1.54, 1.807) is 0 Å². The highest BCUT2D eigenvalue weighted by Gasteiger charge is 2.47. The van der Waals surface area contributed by atoms with E-state index in [9.17, 15) is 45.3 Å². The van der Waals surface area contributed by atoms with E-state index in [1.165, 1.54) is 19.3 Å². The molecule has 380 valence electrons. The topological polar surface area (TPSA) is 231 Å². The van der Waals surface area contributed by atoms with Gasteiger partial charge in [-0.25, -0.2) is 0 Å². The molecule has 0 spiro atoms. The molecule has 0 aromatic heterocycles. The molecule has 0 aromatic rings. The molecule has 2 aliphatic heterocycles. The highest BCUT2D eigenvalue weighted by atomic mass is 16.7. The lowest BCUT2D eigenvalue weighted by molar-refractivity contribution is -0.332. The fourth-order valence-electron chi connectivity index (χ4n) is 7.38. The number of ether oxygens (including phenoxy) is 6. The molecule has 0 amide bonds. The third-order valence-electron chi connectivity index (χ3n) is 11.5. The molecule has 0 saturated carbocycles. The van der Waals surface area contributed by atoms with Crippen LogP contribution in [0.1, 0.15) is 155 Å². The first-order valence-electron chi connectivity index (χ1n) is 24.9. The highest BCUT2D eigenvalue weighted by molar-refractivity contribution is 5.70. The van der Waals surface area contributed by atoms with Gasteiger partial charge in [0.25, 0.3) is 0 Å². The lowest BCUT2D eigenvalue weighted by atomic mass is 9.98. The second-order valence-electron chi connectivity index (χ2n) is 17.3. The standard InChI is InChI=1S/C51H86O15/c1-3-5-7-9-11-13-15-17-19-21-23-25-27-29-31-33-42(53)61-36-39(64-43(54)34-32-30-28-26-24-22-20-18-16-14-12-10-8-6-4-2)37-62-50-49(60)47(58)45(56)41(66-50)38-63-51-48(59)46(57)44(55)40(35-52)65-51/h6,8,11-14,17-20,39-41,44-52,55-60H,3-5,7,9-10,15-16,21-38H2,1-2H3/b8-6-,13-11-,14-12-,19-17-,20-18-/t39-,40-,41-,44+,45+,46+,47+,48-,49-,50-,51-/m1/s1. The van der Waals surface area contributed by atoms with Gasteiger partial charge in [-0.2, -0.15) is 0 Å². The Morgan fingerprint density at radius 2 is 0.955 bits per heavy atom. The van der Waals surface area contributed by atoms with Gasteiger partial charge in [-0.15, -0.1) is 0 Å². The minimum Gasteiger partial charge on any atom is -0.462 e. The van der Waals surface area contributed by atoms with Gasteiger partial charge in [0.15, 0.2) is 18.7 Å². The fourth-order valence-corrected chi connectivity index (χ4v) is 7.38. The van der Waals surface area contributed by atoms with E-state index < -0.39 is 99.3 Å². The van der Waals surface area contributed by atoms with Gasteiger partial charge in [-0.05, 0) is 77.0 Å². The Morgan fingerprint density at radius 1 is 0.500 bits per heavy atom. The van der Waals surface area contributed by atoms with Crippen LogP contribution in [-0.2, 0) is 38.0 Å². The molecule has 2 heterocycles. The van der Waals surface area contributed by atoms with Crippen molar-refractivity contribution in [3.8, 4) is 0 Å². The Morgan fingerprint density at radius 3 is 1.50 bits per heavy atom. The number of allylic oxidation sites excluding steroid dienone is 10. The second kappa shape index (κ2) is 38.1. The largest absolute Gasteiger partial charge is 0.462 e. The van der Waals surface area contributed by atoms with E-state index in [0.717, 1.165) is 96.3 Å². The van der Waals surface area contributed by atoms with E-state index in [-0.39, 0.29) is 19.4 Å². The summed E-state index contributed by atoms with van der Waals surface area (Å²) in [4.78, 5) is 25.7. The molecular formula is C51H86O15. The average Bonchev–Trinajstić information content (AvgIpc) is 3.31.